The third kappa shape index (κ3) is 3.82. The van der Waals surface area contributed by atoms with E-state index in [2.05, 4.69) is 29.5 Å². The molecular formula is C7H19N3. The maximum Gasteiger partial charge on any atom is 0.0562 e. The van der Waals surface area contributed by atoms with Crippen LogP contribution in [0.5, 0.6) is 0 Å². The van der Waals surface area contributed by atoms with Crippen LogP contribution < -0.4 is 10.6 Å². The number of rotatable bonds is 0. The average Bonchev–Trinajstić information content (AvgIpc) is 2.00. The first-order valence-corrected chi connectivity index (χ1v) is 3.94. The van der Waals surface area contributed by atoms with Gasteiger partial charge in [0.15, 0.2) is 0 Å². The van der Waals surface area contributed by atoms with Crippen LogP contribution in [0, 0.1) is 0 Å². The van der Waals surface area contributed by atoms with Gasteiger partial charge in [0.05, 0.1) is 19.5 Å². The number of hydrogen-bond acceptors (Lipinski definition) is 3. The molecule has 0 unspecified atom stereocenters. The van der Waals surface area contributed by atoms with E-state index in [1.165, 1.54) is 0 Å². The third-order valence-corrected chi connectivity index (χ3v) is 1.33. The smallest absolute Gasteiger partial charge is 0.0562 e. The van der Waals surface area contributed by atoms with Crippen molar-refractivity contribution in [1.29, 1.82) is 0 Å². The zero-order valence-corrected chi connectivity index (χ0v) is 7.44. The summed E-state index contributed by atoms with van der Waals surface area (Å²) in [6.07, 6.45) is 0.478. The molecule has 0 spiro atoms. The lowest BCUT2D eigenvalue weighted by molar-refractivity contribution is 0.193. The van der Waals surface area contributed by atoms with Crippen molar-refractivity contribution in [2.75, 3.05) is 20.4 Å². The Labute approximate surface area is 63.8 Å². The van der Waals surface area contributed by atoms with Crippen molar-refractivity contribution in [3.63, 3.8) is 0 Å². The maximum absolute atomic E-state index is 3.25. The van der Waals surface area contributed by atoms with Crippen LogP contribution in [-0.4, -0.2) is 31.5 Å². The van der Waals surface area contributed by atoms with Crippen LogP contribution in [-0.2, 0) is 0 Å². The Morgan fingerprint density at radius 3 is 1.90 bits per heavy atom. The lowest BCUT2D eigenvalue weighted by Gasteiger charge is -2.29. The van der Waals surface area contributed by atoms with Gasteiger partial charge in [0.2, 0.25) is 0 Å². The lowest BCUT2D eigenvalue weighted by Crippen LogP contribution is -2.54. The van der Waals surface area contributed by atoms with Crippen LogP contribution >= 0.6 is 0 Å². The van der Waals surface area contributed by atoms with E-state index in [-0.39, 0.29) is 0 Å². The second kappa shape index (κ2) is 5.65. The first-order valence-electron chi connectivity index (χ1n) is 3.94. The fourth-order valence-electron chi connectivity index (χ4n) is 0.714. The highest BCUT2D eigenvalue weighted by Gasteiger charge is 2.07. The summed E-state index contributed by atoms with van der Waals surface area (Å²) in [6, 6.07) is 0. The number of hydrogen-bond donors (Lipinski definition) is 2. The molecule has 0 saturated carbocycles. The van der Waals surface area contributed by atoms with Crippen LogP contribution in [0.4, 0.5) is 0 Å². The molecule has 0 atom stereocenters. The molecule has 1 rings (SSSR count). The normalized spacial score (nSPS) is 21.6. The zero-order valence-electron chi connectivity index (χ0n) is 7.44. The molecule has 0 aromatic rings. The molecule has 10 heavy (non-hydrogen) atoms. The first kappa shape index (κ1) is 9.88. The summed E-state index contributed by atoms with van der Waals surface area (Å²) >= 11 is 0. The molecule has 0 radical (unpaired) electrons. The van der Waals surface area contributed by atoms with E-state index in [4.69, 9.17) is 0 Å². The van der Waals surface area contributed by atoms with Gasteiger partial charge in [-0.15, -0.1) is 0 Å². The van der Waals surface area contributed by atoms with Crippen LogP contribution in [0.1, 0.15) is 20.8 Å². The molecule has 0 aromatic heterocycles. The first-order chi connectivity index (χ1) is 4.79. The Balaban J connectivity index is 0.000000371. The van der Waals surface area contributed by atoms with Crippen molar-refractivity contribution >= 4 is 0 Å². The van der Waals surface area contributed by atoms with Crippen molar-refractivity contribution in [2.45, 2.75) is 26.9 Å². The minimum absolute atomic E-state index is 0.478. The summed E-state index contributed by atoms with van der Waals surface area (Å²) in [5, 5.41) is 6.49. The highest BCUT2D eigenvalue weighted by Crippen LogP contribution is 1.85. The molecular weight excluding hydrogens is 126 g/mol. The SMILES string of the molecule is CC.CC1NCN(C)CN1. The lowest BCUT2D eigenvalue weighted by atomic mass is 10.5. The molecule has 1 aliphatic rings. The van der Waals surface area contributed by atoms with Crippen molar-refractivity contribution in [2.24, 2.45) is 0 Å². The Bertz CT molecular complexity index is 57.3. The Hall–Kier alpha value is -0.120. The van der Waals surface area contributed by atoms with E-state index < -0.39 is 0 Å². The van der Waals surface area contributed by atoms with E-state index in [1.54, 1.807) is 0 Å². The number of nitrogens with one attached hydrogen (secondary N) is 2. The highest BCUT2D eigenvalue weighted by molar-refractivity contribution is 4.62. The van der Waals surface area contributed by atoms with Gasteiger partial charge in [0, 0.05) is 0 Å². The van der Waals surface area contributed by atoms with Crippen LogP contribution in [0.15, 0.2) is 0 Å². The molecule has 1 fully saturated rings. The van der Waals surface area contributed by atoms with Crippen LogP contribution in [0.25, 0.3) is 0 Å². The molecule has 1 saturated heterocycles. The standard InChI is InChI=1S/C5H13N3.C2H6/c1-5-6-3-8(2)4-7-5;1-2/h5-7H,3-4H2,1-2H3;1-2H3. The van der Waals surface area contributed by atoms with E-state index in [9.17, 15) is 0 Å². The molecule has 0 amide bonds. The van der Waals surface area contributed by atoms with Crippen molar-refractivity contribution in [3.05, 3.63) is 0 Å². The summed E-state index contributed by atoms with van der Waals surface area (Å²) in [4.78, 5) is 2.18. The summed E-state index contributed by atoms with van der Waals surface area (Å²) in [5.41, 5.74) is 0. The van der Waals surface area contributed by atoms with Gasteiger partial charge in [-0.1, -0.05) is 13.8 Å². The molecule has 3 nitrogen and oxygen atoms in total. The third-order valence-electron chi connectivity index (χ3n) is 1.33. The van der Waals surface area contributed by atoms with E-state index >= 15 is 0 Å². The Morgan fingerprint density at radius 1 is 1.20 bits per heavy atom. The molecule has 0 bridgehead atoms. The van der Waals surface area contributed by atoms with Gasteiger partial charge in [-0.25, -0.2) is 0 Å². The maximum atomic E-state index is 3.25. The van der Waals surface area contributed by atoms with Crippen molar-refractivity contribution in [1.82, 2.24) is 15.5 Å². The van der Waals surface area contributed by atoms with Crippen LogP contribution in [0.3, 0.4) is 0 Å². The monoisotopic (exact) mass is 145 g/mol. The second-order valence-electron chi connectivity index (χ2n) is 2.30. The molecule has 1 heterocycles. The molecule has 2 N–H and O–H groups in total. The highest BCUT2D eigenvalue weighted by atomic mass is 15.4. The topological polar surface area (TPSA) is 27.3 Å². The minimum atomic E-state index is 0.478. The summed E-state index contributed by atoms with van der Waals surface area (Å²) < 4.78 is 0. The molecule has 62 valence electrons. The Kier molecular flexibility index (Phi) is 5.58. The van der Waals surface area contributed by atoms with Crippen LogP contribution in [0.2, 0.25) is 0 Å². The van der Waals surface area contributed by atoms with Gasteiger partial charge < -0.3 is 0 Å². The number of nitrogens with zero attached hydrogens (tertiary/aromatic N) is 1. The van der Waals surface area contributed by atoms with Gasteiger partial charge >= 0.3 is 0 Å². The van der Waals surface area contributed by atoms with Gasteiger partial charge in [-0.2, -0.15) is 0 Å². The summed E-state index contributed by atoms with van der Waals surface area (Å²) in [6.45, 7) is 8.11. The Morgan fingerprint density at radius 2 is 1.60 bits per heavy atom. The average molecular weight is 145 g/mol. The molecule has 0 aliphatic carbocycles. The fourth-order valence-corrected chi connectivity index (χ4v) is 0.714. The molecule has 3 heteroatoms. The van der Waals surface area contributed by atoms with E-state index in [0.29, 0.717) is 6.17 Å². The second-order valence-corrected chi connectivity index (χ2v) is 2.30. The van der Waals surface area contributed by atoms with Crippen molar-refractivity contribution in [3.8, 4) is 0 Å². The zero-order chi connectivity index (χ0) is 7.98. The fraction of sp³-hybridized carbons (Fsp3) is 1.00. The molecule has 1 aliphatic heterocycles. The minimum Gasteiger partial charge on any atom is -0.289 e. The van der Waals surface area contributed by atoms with E-state index in [1.807, 2.05) is 13.8 Å². The quantitative estimate of drug-likeness (QED) is 0.516. The van der Waals surface area contributed by atoms with Gasteiger partial charge in [0.25, 0.3) is 0 Å². The molecule has 0 aromatic carbocycles. The summed E-state index contributed by atoms with van der Waals surface area (Å²) in [7, 11) is 2.08. The van der Waals surface area contributed by atoms with Gasteiger partial charge in [-0.05, 0) is 14.0 Å². The van der Waals surface area contributed by atoms with E-state index in [0.717, 1.165) is 13.3 Å². The van der Waals surface area contributed by atoms with Gasteiger partial charge in [0.1, 0.15) is 0 Å². The largest absolute Gasteiger partial charge is 0.289 e. The predicted molar refractivity (Wildman–Crippen MR) is 44.6 cm³/mol. The van der Waals surface area contributed by atoms with Crippen molar-refractivity contribution < 1.29 is 0 Å². The predicted octanol–water partition coefficient (Wildman–Crippen LogP) is 0.398. The van der Waals surface area contributed by atoms with Gasteiger partial charge in [-0.3, -0.25) is 15.5 Å². The summed E-state index contributed by atoms with van der Waals surface area (Å²) in [5.74, 6) is 0.